The minimum absolute atomic E-state index is 0.292. The number of anilines is 3. The largest absolute Gasteiger partial charge is 0.368 e. The van der Waals surface area contributed by atoms with Crippen LogP contribution >= 0.6 is 0 Å². The summed E-state index contributed by atoms with van der Waals surface area (Å²) in [6.07, 6.45) is 7.41. The molecule has 20 heavy (non-hydrogen) atoms. The fourth-order valence-corrected chi connectivity index (χ4v) is 2.81. The molecule has 0 unspecified atom stereocenters. The minimum atomic E-state index is 0.292. The van der Waals surface area contributed by atoms with Gasteiger partial charge in [-0.15, -0.1) is 0 Å². The van der Waals surface area contributed by atoms with Gasteiger partial charge in [0.1, 0.15) is 0 Å². The maximum Gasteiger partial charge on any atom is 0.244 e. The summed E-state index contributed by atoms with van der Waals surface area (Å²) in [5.41, 5.74) is 9.09. The molecule has 2 aliphatic rings. The van der Waals surface area contributed by atoms with Gasteiger partial charge in [0.05, 0.1) is 0 Å². The number of aromatic nitrogens is 3. The van der Waals surface area contributed by atoms with Crippen LogP contribution in [-0.4, -0.2) is 46.1 Å². The first-order valence-electron chi connectivity index (χ1n) is 7.59. The van der Waals surface area contributed by atoms with E-state index in [0.29, 0.717) is 17.8 Å². The molecule has 3 heterocycles. The topological polar surface area (TPSA) is 83.2 Å². The quantitative estimate of drug-likeness (QED) is 0.860. The number of nitrogen functional groups attached to an aromatic ring is 1. The zero-order valence-corrected chi connectivity index (χ0v) is 11.9. The van der Waals surface area contributed by atoms with Gasteiger partial charge in [-0.25, -0.2) is 5.01 Å². The van der Waals surface area contributed by atoms with Crippen LogP contribution in [0.1, 0.15) is 38.5 Å². The summed E-state index contributed by atoms with van der Waals surface area (Å²) in [5.74, 6) is 1.57. The lowest BCUT2D eigenvalue weighted by molar-refractivity contribution is 0.271. The third-order valence-corrected chi connectivity index (χ3v) is 3.89. The molecule has 0 aromatic carbocycles. The average Bonchev–Trinajstić information content (AvgIpc) is 2.49. The molecule has 0 amide bonds. The van der Waals surface area contributed by atoms with Crippen LogP contribution in [0, 0.1) is 0 Å². The fraction of sp³-hybridized carbons (Fsp3) is 0.769. The molecule has 0 spiro atoms. The number of hydrogen-bond acceptors (Lipinski definition) is 7. The molecule has 2 aliphatic heterocycles. The highest BCUT2D eigenvalue weighted by atomic mass is 15.5. The molecule has 7 nitrogen and oxygen atoms in total. The Morgan fingerprint density at radius 2 is 1.45 bits per heavy atom. The lowest BCUT2D eigenvalue weighted by Crippen LogP contribution is -2.36. The van der Waals surface area contributed by atoms with Crippen molar-refractivity contribution in [3.8, 4) is 0 Å². The van der Waals surface area contributed by atoms with Crippen molar-refractivity contribution < 1.29 is 0 Å². The summed E-state index contributed by atoms with van der Waals surface area (Å²) >= 11 is 0. The zero-order chi connectivity index (χ0) is 13.8. The number of hydrazine groups is 1. The van der Waals surface area contributed by atoms with E-state index in [0.717, 1.165) is 26.2 Å². The van der Waals surface area contributed by atoms with Crippen LogP contribution in [0.15, 0.2) is 0 Å². The Hall–Kier alpha value is -1.63. The van der Waals surface area contributed by atoms with Gasteiger partial charge in [0.2, 0.25) is 17.8 Å². The van der Waals surface area contributed by atoms with Gasteiger partial charge in [0, 0.05) is 26.2 Å². The van der Waals surface area contributed by atoms with Crippen molar-refractivity contribution in [2.24, 2.45) is 0 Å². The highest BCUT2D eigenvalue weighted by Crippen LogP contribution is 2.18. The Morgan fingerprint density at radius 1 is 0.800 bits per heavy atom. The molecular formula is C13H23N7. The standard InChI is InChI=1S/C13H23N7/c14-11-15-12(18-20-9-5-2-6-10-20)17-13(16-11)19-7-3-1-4-8-19/h1-10H2,(H3,14,15,16,17,18). The molecule has 2 fully saturated rings. The van der Waals surface area contributed by atoms with E-state index >= 15 is 0 Å². The number of nitrogens with two attached hydrogens (primary N) is 1. The molecule has 0 aliphatic carbocycles. The van der Waals surface area contributed by atoms with Gasteiger partial charge in [-0.2, -0.15) is 15.0 Å². The van der Waals surface area contributed by atoms with Crippen molar-refractivity contribution in [2.75, 3.05) is 42.2 Å². The Morgan fingerprint density at radius 3 is 2.15 bits per heavy atom. The molecule has 0 radical (unpaired) electrons. The summed E-state index contributed by atoms with van der Waals surface area (Å²) in [7, 11) is 0. The summed E-state index contributed by atoms with van der Waals surface area (Å²) in [5, 5.41) is 2.16. The third kappa shape index (κ3) is 3.27. The minimum Gasteiger partial charge on any atom is -0.368 e. The van der Waals surface area contributed by atoms with Crippen LogP contribution in [0.4, 0.5) is 17.8 Å². The molecular weight excluding hydrogens is 254 g/mol. The van der Waals surface area contributed by atoms with Gasteiger partial charge >= 0.3 is 0 Å². The van der Waals surface area contributed by atoms with Gasteiger partial charge in [-0.3, -0.25) is 5.43 Å². The van der Waals surface area contributed by atoms with Crippen LogP contribution in [0.25, 0.3) is 0 Å². The van der Waals surface area contributed by atoms with Gasteiger partial charge in [-0.1, -0.05) is 6.42 Å². The smallest absolute Gasteiger partial charge is 0.244 e. The average molecular weight is 277 g/mol. The number of nitrogens with zero attached hydrogens (tertiary/aromatic N) is 5. The first-order valence-corrected chi connectivity index (χ1v) is 7.59. The molecule has 3 rings (SSSR count). The molecule has 2 saturated heterocycles. The molecule has 7 heteroatoms. The van der Waals surface area contributed by atoms with Crippen LogP contribution in [-0.2, 0) is 0 Å². The van der Waals surface area contributed by atoms with E-state index in [1.165, 1.54) is 38.5 Å². The zero-order valence-electron chi connectivity index (χ0n) is 11.9. The van der Waals surface area contributed by atoms with E-state index < -0.39 is 0 Å². The first kappa shape index (κ1) is 13.4. The maximum atomic E-state index is 5.82. The maximum absolute atomic E-state index is 5.82. The fourth-order valence-electron chi connectivity index (χ4n) is 2.81. The Kier molecular flexibility index (Phi) is 4.15. The molecule has 3 N–H and O–H groups in total. The van der Waals surface area contributed by atoms with Gasteiger partial charge in [0.25, 0.3) is 0 Å². The highest BCUT2D eigenvalue weighted by molar-refractivity contribution is 5.41. The van der Waals surface area contributed by atoms with Crippen molar-refractivity contribution >= 4 is 17.8 Å². The second kappa shape index (κ2) is 6.21. The lowest BCUT2D eigenvalue weighted by atomic mass is 10.1. The number of rotatable bonds is 3. The van der Waals surface area contributed by atoms with E-state index in [1.54, 1.807) is 0 Å². The van der Waals surface area contributed by atoms with E-state index in [2.05, 4.69) is 30.3 Å². The Balaban J connectivity index is 1.71. The molecule has 110 valence electrons. The monoisotopic (exact) mass is 277 g/mol. The first-order chi connectivity index (χ1) is 9.81. The molecule has 0 saturated carbocycles. The lowest BCUT2D eigenvalue weighted by Gasteiger charge is -2.29. The van der Waals surface area contributed by atoms with Crippen LogP contribution < -0.4 is 16.1 Å². The van der Waals surface area contributed by atoms with E-state index in [1.807, 2.05) is 0 Å². The predicted molar refractivity (Wildman–Crippen MR) is 79.4 cm³/mol. The SMILES string of the molecule is Nc1nc(NN2CCCCC2)nc(N2CCCCC2)n1. The van der Waals surface area contributed by atoms with Crippen LogP contribution in [0.5, 0.6) is 0 Å². The molecule has 0 bridgehead atoms. The van der Waals surface area contributed by atoms with Gasteiger partial charge in [-0.05, 0) is 32.1 Å². The van der Waals surface area contributed by atoms with Crippen molar-refractivity contribution in [3.05, 3.63) is 0 Å². The number of hydrogen-bond donors (Lipinski definition) is 2. The van der Waals surface area contributed by atoms with E-state index in [4.69, 9.17) is 5.73 Å². The van der Waals surface area contributed by atoms with Gasteiger partial charge in [0.15, 0.2) is 0 Å². The second-order valence-corrected chi connectivity index (χ2v) is 5.52. The molecule has 1 aromatic rings. The van der Waals surface area contributed by atoms with Crippen molar-refractivity contribution in [2.45, 2.75) is 38.5 Å². The summed E-state index contributed by atoms with van der Waals surface area (Å²) in [4.78, 5) is 15.2. The summed E-state index contributed by atoms with van der Waals surface area (Å²) < 4.78 is 0. The van der Waals surface area contributed by atoms with E-state index in [9.17, 15) is 0 Å². The Bertz CT molecular complexity index is 438. The Labute approximate surface area is 119 Å². The van der Waals surface area contributed by atoms with E-state index in [-0.39, 0.29) is 0 Å². The predicted octanol–water partition coefficient (Wildman–Crippen LogP) is 1.26. The highest BCUT2D eigenvalue weighted by Gasteiger charge is 2.17. The number of piperidine rings is 2. The summed E-state index contributed by atoms with van der Waals surface area (Å²) in [6, 6.07) is 0. The van der Waals surface area contributed by atoms with Crippen molar-refractivity contribution in [3.63, 3.8) is 0 Å². The van der Waals surface area contributed by atoms with Gasteiger partial charge < -0.3 is 10.6 Å². The molecule has 0 atom stereocenters. The third-order valence-electron chi connectivity index (χ3n) is 3.89. The second-order valence-electron chi connectivity index (χ2n) is 5.52. The van der Waals surface area contributed by atoms with Crippen molar-refractivity contribution in [1.82, 2.24) is 20.0 Å². The van der Waals surface area contributed by atoms with Crippen LogP contribution in [0.3, 0.4) is 0 Å². The molecule has 1 aromatic heterocycles. The summed E-state index contributed by atoms with van der Waals surface area (Å²) in [6.45, 7) is 4.08. The van der Waals surface area contributed by atoms with Crippen LogP contribution in [0.2, 0.25) is 0 Å². The normalized spacial score (nSPS) is 20.9. The number of nitrogens with one attached hydrogen (secondary N) is 1. The van der Waals surface area contributed by atoms with Crippen molar-refractivity contribution in [1.29, 1.82) is 0 Å².